The third kappa shape index (κ3) is 2.97. The number of nitrogens with one attached hydrogen (secondary N) is 1. The van der Waals surface area contributed by atoms with Crippen LogP contribution in [0.3, 0.4) is 0 Å². The zero-order chi connectivity index (χ0) is 14.8. The fraction of sp³-hybridized carbons (Fsp3) is 0.500. The first-order chi connectivity index (χ1) is 10.1. The fourth-order valence-corrected chi connectivity index (χ4v) is 2.55. The molecule has 1 saturated heterocycles. The molecule has 112 valence electrons. The molecule has 0 bridgehead atoms. The maximum Gasteiger partial charge on any atom is 0.303 e. The second kappa shape index (κ2) is 5.69. The molecule has 0 aliphatic carbocycles. The SMILES string of the molecule is CN1CCN(c2ccc3n[nH]c(CCC(=O)O)c3n2)CC1. The largest absolute Gasteiger partial charge is 0.481 e. The van der Waals surface area contributed by atoms with E-state index in [2.05, 4.69) is 32.0 Å². The summed E-state index contributed by atoms with van der Waals surface area (Å²) in [5.74, 6) is 0.126. The molecule has 3 rings (SSSR count). The number of rotatable bonds is 4. The van der Waals surface area contributed by atoms with Crippen LogP contribution in [0.4, 0.5) is 5.82 Å². The number of pyridine rings is 1. The second-order valence-corrected chi connectivity index (χ2v) is 5.42. The number of aryl methyl sites for hydroxylation is 1. The van der Waals surface area contributed by atoms with Crippen molar-refractivity contribution in [3.05, 3.63) is 17.8 Å². The van der Waals surface area contributed by atoms with E-state index < -0.39 is 5.97 Å². The number of H-pyrrole nitrogens is 1. The van der Waals surface area contributed by atoms with Gasteiger partial charge >= 0.3 is 5.97 Å². The number of fused-ring (bicyclic) bond motifs is 1. The molecule has 1 aliphatic heterocycles. The summed E-state index contributed by atoms with van der Waals surface area (Å²) in [5, 5.41) is 15.9. The number of hydrogen-bond acceptors (Lipinski definition) is 5. The van der Waals surface area contributed by atoms with Gasteiger partial charge in [0.05, 0.1) is 12.1 Å². The number of aromatic nitrogens is 3. The lowest BCUT2D eigenvalue weighted by Crippen LogP contribution is -2.44. The number of anilines is 1. The molecule has 0 unspecified atom stereocenters. The quantitative estimate of drug-likeness (QED) is 0.863. The molecule has 1 aliphatic rings. The number of hydrogen-bond donors (Lipinski definition) is 2. The van der Waals surface area contributed by atoms with Gasteiger partial charge < -0.3 is 14.9 Å². The van der Waals surface area contributed by atoms with Crippen LogP contribution in [0.25, 0.3) is 11.0 Å². The molecule has 2 aromatic rings. The van der Waals surface area contributed by atoms with Crippen LogP contribution in [0, 0.1) is 0 Å². The summed E-state index contributed by atoms with van der Waals surface area (Å²) in [6.45, 7) is 3.96. The molecular formula is C14H19N5O2. The average molecular weight is 289 g/mol. The van der Waals surface area contributed by atoms with Crippen LogP contribution >= 0.6 is 0 Å². The standard InChI is InChI=1S/C14H19N5O2/c1-18-6-8-19(9-7-18)12-4-2-10-14(15-12)11(17-16-10)3-5-13(20)21/h2,4H,3,5-9H2,1H3,(H,16,17)(H,20,21). The van der Waals surface area contributed by atoms with Crippen LogP contribution in [0.15, 0.2) is 12.1 Å². The number of nitrogens with zero attached hydrogens (tertiary/aromatic N) is 4. The van der Waals surface area contributed by atoms with E-state index in [-0.39, 0.29) is 6.42 Å². The van der Waals surface area contributed by atoms with Gasteiger partial charge in [-0.1, -0.05) is 0 Å². The molecule has 0 amide bonds. The Kier molecular flexibility index (Phi) is 3.74. The third-order valence-electron chi connectivity index (χ3n) is 3.87. The maximum atomic E-state index is 10.7. The molecule has 0 spiro atoms. The van der Waals surface area contributed by atoms with Crippen molar-refractivity contribution in [2.75, 3.05) is 38.1 Å². The average Bonchev–Trinajstić information content (AvgIpc) is 2.88. The van der Waals surface area contributed by atoms with E-state index in [0.29, 0.717) is 6.42 Å². The van der Waals surface area contributed by atoms with E-state index in [1.165, 1.54) is 0 Å². The number of carboxylic acids is 1. The lowest BCUT2D eigenvalue weighted by atomic mass is 10.2. The highest BCUT2D eigenvalue weighted by molar-refractivity contribution is 5.79. The molecular weight excluding hydrogens is 270 g/mol. The Morgan fingerprint density at radius 3 is 2.81 bits per heavy atom. The Bertz CT molecular complexity index is 646. The zero-order valence-corrected chi connectivity index (χ0v) is 12.0. The number of carbonyl (C=O) groups is 1. The first kappa shape index (κ1) is 13.8. The van der Waals surface area contributed by atoms with Crippen molar-refractivity contribution in [1.29, 1.82) is 0 Å². The lowest BCUT2D eigenvalue weighted by Gasteiger charge is -2.33. The minimum atomic E-state index is -0.812. The third-order valence-corrected chi connectivity index (χ3v) is 3.87. The van der Waals surface area contributed by atoms with Crippen molar-refractivity contribution in [3.63, 3.8) is 0 Å². The summed E-state index contributed by atoms with van der Waals surface area (Å²) in [4.78, 5) is 19.9. The Balaban J connectivity index is 1.84. The minimum absolute atomic E-state index is 0.0811. The molecule has 7 nitrogen and oxygen atoms in total. The molecule has 0 aromatic carbocycles. The molecule has 0 saturated carbocycles. The van der Waals surface area contributed by atoms with Gasteiger partial charge in [-0.3, -0.25) is 9.89 Å². The molecule has 1 fully saturated rings. The number of likely N-dealkylation sites (N-methyl/N-ethyl adjacent to an activating group) is 1. The highest BCUT2D eigenvalue weighted by Crippen LogP contribution is 2.21. The number of piperazine rings is 1. The smallest absolute Gasteiger partial charge is 0.303 e. The first-order valence-corrected chi connectivity index (χ1v) is 7.13. The van der Waals surface area contributed by atoms with Crippen LogP contribution in [0.1, 0.15) is 12.1 Å². The van der Waals surface area contributed by atoms with Crippen LogP contribution in [-0.2, 0) is 11.2 Å². The minimum Gasteiger partial charge on any atom is -0.481 e. The summed E-state index contributed by atoms with van der Waals surface area (Å²) in [6, 6.07) is 3.92. The van der Waals surface area contributed by atoms with E-state index in [1.807, 2.05) is 12.1 Å². The van der Waals surface area contributed by atoms with Gasteiger partial charge in [-0.25, -0.2) is 4.98 Å². The first-order valence-electron chi connectivity index (χ1n) is 7.13. The van der Waals surface area contributed by atoms with Crippen LogP contribution < -0.4 is 4.90 Å². The Labute approximate surface area is 122 Å². The molecule has 0 atom stereocenters. The fourth-order valence-electron chi connectivity index (χ4n) is 2.55. The zero-order valence-electron chi connectivity index (χ0n) is 12.0. The normalized spacial score (nSPS) is 16.5. The second-order valence-electron chi connectivity index (χ2n) is 5.42. The van der Waals surface area contributed by atoms with Crippen molar-refractivity contribution >= 4 is 22.8 Å². The van der Waals surface area contributed by atoms with E-state index in [9.17, 15) is 4.79 Å². The summed E-state index contributed by atoms with van der Waals surface area (Å²) < 4.78 is 0. The lowest BCUT2D eigenvalue weighted by molar-refractivity contribution is -0.136. The van der Waals surface area contributed by atoms with Crippen LogP contribution in [-0.4, -0.2) is 64.4 Å². The summed E-state index contributed by atoms with van der Waals surface area (Å²) >= 11 is 0. The molecule has 21 heavy (non-hydrogen) atoms. The molecule has 3 heterocycles. The Morgan fingerprint density at radius 2 is 2.10 bits per heavy atom. The highest BCUT2D eigenvalue weighted by atomic mass is 16.4. The van der Waals surface area contributed by atoms with Crippen LogP contribution in [0.5, 0.6) is 0 Å². The highest BCUT2D eigenvalue weighted by Gasteiger charge is 2.17. The molecule has 2 N–H and O–H groups in total. The molecule has 2 aromatic heterocycles. The summed E-state index contributed by atoms with van der Waals surface area (Å²) in [5.41, 5.74) is 2.37. The predicted octanol–water partition coefficient (Wildman–Crippen LogP) is 0.727. The van der Waals surface area contributed by atoms with E-state index in [1.54, 1.807) is 0 Å². The van der Waals surface area contributed by atoms with Gasteiger partial charge in [0.25, 0.3) is 0 Å². The summed E-state index contributed by atoms with van der Waals surface area (Å²) in [7, 11) is 2.12. The monoisotopic (exact) mass is 289 g/mol. The Hall–Kier alpha value is -2.15. The summed E-state index contributed by atoms with van der Waals surface area (Å²) in [6.07, 6.45) is 0.503. The van der Waals surface area contributed by atoms with Crippen molar-refractivity contribution < 1.29 is 9.90 Å². The number of carboxylic acid groups (broad SMARTS) is 1. The van der Waals surface area contributed by atoms with Crippen molar-refractivity contribution in [3.8, 4) is 0 Å². The van der Waals surface area contributed by atoms with Gasteiger partial charge in [0, 0.05) is 32.6 Å². The van der Waals surface area contributed by atoms with Crippen molar-refractivity contribution in [2.45, 2.75) is 12.8 Å². The number of aromatic amines is 1. The topological polar surface area (TPSA) is 85.3 Å². The molecule has 0 radical (unpaired) electrons. The Morgan fingerprint density at radius 1 is 1.33 bits per heavy atom. The van der Waals surface area contributed by atoms with Crippen molar-refractivity contribution in [1.82, 2.24) is 20.1 Å². The van der Waals surface area contributed by atoms with Gasteiger partial charge in [-0.15, -0.1) is 0 Å². The van der Waals surface area contributed by atoms with E-state index >= 15 is 0 Å². The van der Waals surface area contributed by atoms with Gasteiger partial charge in [0.2, 0.25) is 0 Å². The van der Waals surface area contributed by atoms with Crippen molar-refractivity contribution in [2.24, 2.45) is 0 Å². The molecule has 7 heteroatoms. The van der Waals surface area contributed by atoms with Gasteiger partial charge in [0.1, 0.15) is 16.9 Å². The van der Waals surface area contributed by atoms with Crippen LogP contribution in [0.2, 0.25) is 0 Å². The van der Waals surface area contributed by atoms with Gasteiger partial charge in [-0.2, -0.15) is 5.10 Å². The van der Waals surface area contributed by atoms with E-state index in [4.69, 9.17) is 5.11 Å². The van der Waals surface area contributed by atoms with Gasteiger partial charge in [-0.05, 0) is 19.2 Å². The van der Waals surface area contributed by atoms with Gasteiger partial charge in [0.15, 0.2) is 0 Å². The van der Waals surface area contributed by atoms with E-state index in [0.717, 1.165) is 48.7 Å². The maximum absolute atomic E-state index is 10.7. The number of aliphatic carboxylic acids is 1. The predicted molar refractivity (Wildman–Crippen MR) is 79.6 cm³/mol.